The summed E-state index contributed by atoms with van der Waals surface area (Å²) in [5.74, 6) is 5.35. The molecule has 5 aliphatic carbocycles. The highest BCUT2D eigenvalue weighted by Crippen LogP contribution is 2.82. The Labute approximate surface area is 183 Å². The highest BCUT2D eigenvalue weighted by atomic mass is 16.6. The van der Waals surface area contributed by atoms with Gasteiger partial charge in [-0.1, -0.05) is 25.9 Å². The molecule has 0 radical (unpaired) electrons. The van der Waals surface area contributed by atoms with E-state index in [1.54, 1.807) is 0 Å². The van der Waals surface area contributed by atoms with E-state index in [9.17, 15) is 0 Å². The Morgan fingerprint density at radius 3 is 2.67 bits per heavy atom. The zero-order chi connectivity index (χ0) is 20.9. The van der Waals surface area contributed by atoms with Gasteiger partial charge in [0.25, 0.3) is 0 Å². The van der Waals surface area contributed by atoms with E-state index in [-0.39, 0.29) is 0 Å². The van der Waals surface area contributed by atoms with Gasteiger partial charge in [0.2, 0.25) is 0 Å². The molecule has 30 heavy (non-hydrogen) atoms. The molecule has 3 heteroatoms. The van der Waals surface area contributed by atoms with Crippen molar-refractivity contribution in [2.24, 2.45) is 56.9 Å². The molecule has 1 heterocycles. The molecule has 6 aliphatic rings. The molecule has 0 aromatic heterocycles. The number of nitrogens with zero attached hydrogens (tertiary/aromatic N) is 1. The topological polar surface area (TPSA) is 30.8 Å². The quantitative estimate of drug-likeness (QED) is 0.529. The van der Waals surface area contributed by atoms with Gasteiger partial charge in [0.1, 0.15) is 6.10 Å². The summed E-state index contributed by atoms with van der Waals surface area (Å²) in [6.07, 6.45) is 14.7. The molecule has 0 N–H and O–H groups in total. The monoisotopic (exact) mass is 413 g/mol. The largest absolute Gasteiger partial charge is 0.392 e. The molecule has 0 saturated heterocycles. The zero-order valence-corrected chi connectivity index (χ0v) is 20.0. The van der Waals surface area contributed by atoms with Crippen molar-refractivity contribution in [2.45, 2.75) is 104 Å². The van der Waals surface area contributed by atoms with Crippen molar-refractivity contribution in [3.63, 3.8) is 0 Å². The third-order valence-corrected chi connectivity index (χ3v) is 12.1. The zero-order valence-electron chi connectivity index (χ0n) is 20.0. The Morgan fingerprint density at radius 2 is 1.97 bits per heavy atom. The van der Waals surface area contributed by atoms with Crippen molar-refractivity contribution in [2.75, 3.05) is 7.11 Å². The SMILES string of the molecule is CO[C@@H]1C[C@H]2[C@@H]3CCC([C@H](C)CC4CC(C)=NO4)[C@@]3(C)CC[C@@H]2[C@@]2(C)CC[C@@H]3C[C@]312. The second kappa shape index (κ2) is 6.49. The summed E-state index contributed by atoms with van der Waals surface area (Å²) in [6.45, 7) is 10.00. The van der Waals surface area contributed by atoms with Crippen LogP contribution >= 0.6 is 0 Å². The third-order valence-electron chi connectivity index (χ3n) is 12.1. The second-order valence-electron chi connectivity index (χ2n) is 12.9. The van der Waals surface area contributed by atoms with E-state index in [4.69, 9.17) is 9.57 Å². The van der Waals surface area contributed by atoms with E-state index in [0.29, 0.717) is 28.5 Å². The van der Waals surface area contributed by atoms with Crippen LogP contribution in [0.2, 0.25) is 0 Å². The number of hydrogen-bond donors (Lipinski definition) is 0. The molecule has 0 bridgehead atoms. The molecule has 0 aromatic carbocycles. The van der Waals surface area contributed by atoms with Gasteiger partial charge in [-0.05, 0) is 111 Å². The summed E-state index contributed by atoms with van der Waals surface area (Å²) in [5.41, 5.74) is 2.81. The molecule has 5 fully saturated rings. The van der Waals surface area contributed by atoms with Crippen molar-refractivity contribution in [3.05, 3.63) is 0 Å². The molecule has 3 nitrogen and oxygen atoms in total. The Bertz CT molecular complexity index is 749. The van der Waals surface area contributed by atoms with Crippen LogP contribution in [-0.2, 0) is 9.57 Å². The average Bonchev–Trinajstić information content (AvgIpc) is 2.95. The van der Waals surface area contributed by atoms with Gasteiger partial charge in [-0.15, -0.1) is 0 Å². The first-order valence-electron chi connectivity index (χ1n) is 13.1. The Hall–Kier alpha value is -0.570. The number of ether oxygens (including phenoxy) is 1. The molecule has 5 saturated carbocycles. The van der Waals surface area contributed by atoms with Crippen LogP contribution in [0.5, 0.6) is 0 Å². The van der Waals surface area contributed by atoms with Crippen LogP contribution < -0.4 is 0 Å². The van der Waals surface area contributed by atoms with Gasteiger partial charge in [-0.2, -0.15) is 0 Å². The van der Waals surface area contributed by atoms with Gasteiger partial charge in [-0.25, -0.2) is 0 Å². The van der Waals surface area contributed by atoms with E-state index in [1.165, 1.54) is 63.5 Å². The van der Waals surface area contributed by atoms with E-state index in [1.807, 2.05) is 7.11 Å². The van der Waals surface area contributed by atoms with Crippen molar-refractivity contribution < 1.29 is 9.57 Å². The maximum absolute atomic E-state index is 6.29. The highest BCUT2D eigenvalue weighted by molar-refractivity contribution is 5.82. The lowest BCUT2D eigenvalue weighted by Gasteiger charge is -2.61. The molecule has 11 atom stereocenters. The number of hydrogen-bond acceptors (Lipinski definition) is 3. The fourth-order valence-corrected chi connectivity index (χ4v) is 10.8. The lowest BCUT2D eigenvalue weighted by molar-refractivity contribution is -0.161. The summed E-state index contributed by atoms with van der Waals surface area (Å²) in [4.78, 5) is 5.73. The molecule has 2 unspecified atom stereocenters. The fourth-order valence-electron chi connectivity index (χ4n) is 10.8. The first kappa shape index (κ1) is 20.1. The van der Waals surface area contributed by atoms with Gasteiger partial charge in [0.15, 0.2) is 0 Å². The van der Waals surface area contributed by atoms with Crippen LogP contribution in [-0.4, -0.2) is 25.0 Å². The Balaban J connectivity index is 1.23. The molecule has 1 aliphatic heterocycles. The van der Waals surface area contributed by atoms with E-state index < -0.39 is 0 Å². The minimum absolute atomic E-state index is 0.329. The van der Waals surface area contributed by atoms with Crippen molar-refractivity contribution in [1.82, 2.24) is 0 Å². The van der Waals surface area contributed by atoms with Crippen LogP contribution in [0.25, 0.3) is 0 Å². The minimum Gasteiger partial charge on any atom is -0.392 e. The van der Waals surface area contributed by atoms with Crippen LogP contribution in [0, 0.1) is 51.8 Å². The predicted octanol–water partition coefficient (Wildman–Crippen LogP) is 6.46. The number of methoxy groups -OCH3 is 1. The number of fused-ring (bicyclic) bond motifs is 4. The molecular formula is C27H43NO2. The normalized spacial score (nSPS) is 57.0. The summed E-state index contributed by atoms with van der Waals surface area (Å²) < 4.78 is 6.29. The summed E-state index contributed by atoms with van der Waals surface area (Å²) in [5, 5.41) is 4.22. The fraction of sp³-hybridized carbons (Fsp3) is 0.963. The van der Waals surface area contributed by atoms with Gasteiger partial charge in [-0.3, -0.25) is 0 Å². The molecule has 1 spiro atoms. The first-order valence-corrected chi connectivity index (χ1v) is 13.1. The Morgan fingerprint density at radius 1 is 1.13 bits per heavy atom. The first-order chi connectivity index (χ1) is 14.3. The van der Waals surface area contributed by atoms with E-state index in [2.05, 4.69) is 32.9 Å². The van der Waals surface area contributed by atoms with Crippen LogP contribution in [0.1, 0.15) is 91.9 Å². The van der Waals surface area contributed by atoms with E-state index >= 15 is 0 Å². The van der Waals surface area contributed by atoms with Gasteiger partial charge in [0, 0.05) is 18.9 Å². The van der Waals surface area contributed by atoms with Crippen LogP contribution in [0.15, 0.2) is 5.16 Å². The van der Waals surface area contributed by atoms with Crippen LogP contribution in [0.3, 0.4) is 0 Å². The standard InChI is InChI=1S/C27H43NO2/c1-16(12-19-13-17(2)28-30-19)21-6-7-22-20-14-24(29-5)27-15-18(27)8-11-26(27,4)23(20)9-10-25(21,22)3/h16,18-24H,6-15H2,1-5H3/t16-,18-,19?,20+,21?,22+,23+,24-,25-,26-,27+/m1/s1. The molecule has 0 aromatic rings. The minimum atomic E-state index is 0.329. The molecule has 6 rings (SSSR count). The molecular weight excluding hydrogens is 370 g/mol. The lowest BCUT2D eigenvalue weighted by Crippen LogP contribution is -2.57. The highest BCUT2D eigenvalue weighted by Gasteiger charge is 2.77. The van der Waals surface area contributed by atoms with E-state index in [0.717, 1.165) is 41.9 Å². The maximum atomic E-state index is 6.29. The van der Waals surface area contributed by atoms with Gasteiger partial charge < -0.3 is 9.57 Å². The number of rotatable bonds is 4. The summed E-state index contributed by atoms with van der Waals surface area (Å²) in [6, 6.07) is 0. The maximum Gasteiger partial charge on any atom is 0.133 e. The second-order valence-corrected chi connectivity index (χ2v) is 12.9. The number of oxime groups is 1. The Kier molecular flexibility index (Phi) is 4.34. The molecule has 0 amide bonds. The average molecular weight is 414 g/mol. The van der Waals surface area contributed by atoms with Crippen LogP contribution in [0.4, 0.5) is 0 Å². The summed E-state index contributed by atoms with van der Waals surface area (Å²) in [7, 11) is 2.01. The third kappa shape index (κ3) is 2.40. The van der Waals surface area contributed by atoms with Gasteiger partial charge >= 0.3 is 0 Å². The molecule has 168 valence electrons. The smallest absolute Gasteiger partial charge is 0.133 e. The van der Waals surface area contributed by atoms with Gasteiger partial charge in [0.05, 0.1) is 11.8 Å². The predicted molar refractivity (Wildman–Crippen MR) is 120 cm³/mol. The van der Waals surface area contributed by atoms with Crippen molar-refractivity contribution in [1.29, 1.82) is 0 Å². The van der Waals surface area contributed by atoms with Crippen molar-refractivity contribution in [3.8, 4) is 0 Å². The summed E-state index contributed by atoms with van der Waals surface area (Å²) >= 11 is 0. The lowest BCUT2D eigenvalue weighted by atomic mass is 9.45. The van der Waals surface area contributed by atoms with Crippen molar-refractivity contribution >= 4 is 5.71 Å².